The summed E-state index contributed by atoms with van der Waals surface area (Å²) in [4.78, 5) is 12.3. The fourth-order valence-corrected chi connectivity index (χ4v) is 2.64. The average molecular weight is 302 g/mol. The Morgan fingerprint density at radius 2 is 1.90 bits per heavy atom. The van der Waals surface area contributed by atoms with Crippen LogP contribution in [0.1, 0.15) is 25.3 Å². The van der Waals surface area contributed by atoms with Gasteiger partial charge in [0.25, 0.3) is 0 Å². The predicted molar refractivity (Wildman–Crippen MR) is 78.5 cm³/mol. The van der Waals surface area contributed by atoms with Gasteiger partial charge in [0.15, 0.2) is 0 Å². The SMILES string of the molecule is CCOC(=O)C1(Cc2ccc(F)cc2)CCNCC1.Cl. The average Bonchev–Trinajstić information content (AvgIpc) is 2.43. The highest BCUT2D eigenvalue weighted by molar-refractivity contribution is 5.85. The largest absolute Gasteiger partial charge is 0.466 e. The van der Waals surface area contributed by atoms with E-state index < -0.39 is 5.41 Å². The van der Waals surface area contributed by atoms with E-state index in [0.29, 0.717) is 13.0 Å². The molecule has 2 rings (SSSR count). The molecule has 0 atom stereocenters. The second-order valence-electron chi connectivity index (χ2n) is 5.05. The number of carbonyl (C=O) groups is 1. The number of nitrogens with one attached hydrogen (secondary N) is 1. The molecule has 1 aliphatic heterocycles. The number of piperidine rings is 1. The van der Waals surface area contributed by atoms with Crippen LogP contribution in [-0.2, 0) is 16.0 Å². The number of rotatable bonds is 4. The molecule has 0 radical (unpaired) electrons. The van der Waals surface area contributed by atoms with Crippen LogP contribution in [0.3, 0.4) is 0 Å². The van der Waals surface area contributed by atoms with E-state index in [1.54, 1.807) is 12.1 Å². The molecular weight excluding hydrogens is 281 g/mol. The Kier molecular flexibility index (Phi) is 6.43. The van der Waals surface area contributed by atoms with Gasteiger partial charge < -0.3 is 10.1 Å². The molecule has 1 heterocycles. The number of hydrogen-bond acceptors (Lipinski definition) is 3. The monoisotopic (exact) mass is 301 g/mol. The molecule has 20 heavy (non-hydrogen) atoms. The number of hydrogen-bond donors (Lipinski definition) is 1. The van der Waals surface area contributed by atoms with Crippen molar-refractivity contribution in [2.24, 2.45) is 5.41 Å². The van der Waals surface area contributed by atoms with Gasteiger partial charge in [-0.1, -0.05) is 12.1 Å². The summed E-state index contributed by atoms with van der Waals surface area (Å²) in [5, 5.41) is 3.26. The van der Waals surface area contributed by atoms with Crippen LogP contribution in [0.15, 0.2) is 24.3 Å². The van der Waals surface area contributed by atoms with Crippen molar-refractivity contribution in [1.29, 1.82) is 0 Å². The van der Waals surface area contributed by atoms with Crippen LogP contribution in [0, 0.1) is 11.2 Å². The van der Waals surface area contributed by atoms with E-state index in [2.05, 4.69) is 5.32 Å². The molecule has 0 aliphatic carbocycles. The summed E-state index contributed by atoms with van der Waals surface area (Å²) in [6.07, 6.45) is 2.15. The summed E-state index contributed by atoms with van der Waals surface area (Å²) in [6, 6.07) is 6.38. The van der Waals surface area contributed by atoms with Gasteiger partial charge in [0.05, 0.1) is 12.0 Å². The Morgan fingerprint density at radius 3 is 2.45 bits per heavy atom. The summed E-state index contributed by atoms with van der Waals surface area (Å²) in [5.74, 6) is -0.375. The Bertz CT molecular complexity index is 430. The number of halogens is 2. The summed E-state index contributed by atoms with van der Waals surface area (Å²) in [7, 11) is 0. The molecule has 1 aromatic carbocycles. The first kappa shape index (κ1) is 16.9. The standard InChI is InChI=1S/C15H20FNO2.ClH/c1-2-19-14(18)15(7-9-17-10-8-15)11-12-3-5-13(16)6-4-12;/h3-6,17H,2,7-11H2,1H3;1H. The third-order valence-electron chi connectivity index (χ3n) is 3.72. The molecule has 0 amide bonds. The van der Waals surface area contributed by atoms with Gasteiger partial charge in [-0.05, 0) is 57.0 Å². The fourth-order valence-electron chi connectivity index (χ4n) is 2.64. The molecule has 0 saturated carbocycles. The van der Waals surface area contributed by atoms with Gasteiger partial charge in [-0.15, -0.1) is 12.4 Å². The van der Waals surface area contributed by atoms with E-state index in [1.807, 2.05) is 6.92 Å². The third kappa shape index (κ3) is 3.93. The molecule has 0 unspecified atom stereocenters. The lowest BCUT2D eigenvalue weighted by atomic mass is 9.74. The minimum Gasteiger partial charge on any atom is -0.466 e. The predicted octanol–water partition coefficient (Wildman–Crippen LogP) is 2.72. The summed E-state index contributed by atoms with van der Waals surface area (Å²) < 4.78 is 18.2. The molecule has 5 heteroatoms. The molecule has 1 aromatic rings. The molecule has 112 valence electrons. The van der Waals surface area contributed by atoms with Crippen LogP contribution >= 0.6 is 12.4 Å². The summed E-state index contributed by atoms with van der Waals surface area (Å²) in [5.41, 5.74) is 0.523. The number of ether oxygens (including phenoxy) is 1. The fraction of sp³-hybridized carbons (Fsp3) is 0.533. The Hall–Kier alpha value is -1.13. The van der Waals surface area contributed by atoms with E-state index in [1.165, 1.54) is 12.1 Å². The maximum Gasteiger partial charge on any atom is 0.312 e. The zero-order chi connectivity index (χ0) is 13.7. The number of benzene rings is 1. The number of carbonyl (C=O) groups excluding carboxylic acids is 1. The minimum absolute atomic E-state index is 0. The molecule has 1 N–H and O–H groups in total. The molecule has 3 nitrogen and oxygen atoms in total. The van der Waals surface area contributed by atoms with Gasteiger partial charge in [0.1, 0.15) is 5.82 Å². The molecule has 0 bridgehead atoms. The first-order valence-corrected chi connectivity index (χ1v) is 6.79. The van der Waals surface area contributed by atoms with E-state index >= 15 is 0 Å². The zero-order valence-electron chi connectivity index (χ0n) is 11.7. The van der Waals surface area contributed by atoms with Crippen LogP contribution in [-0.4, -0.2) is 25.7 Å². The highest BCUT2D eigenvalue weighted by Gasteiger charge is 2.40. The van der Waals surface area contributed by atoms with E-state index in [4.69, 9.17) is 4.74 Å². The van der Waals surface area contributed by atoms with Crippen molar-refractivity contribution in [2.75, 3.05) is 19.7 Å². The highest BCUT2D eigenvalue weighted by atomic mass is 35.5. The third-order valence-corrected chi connectivity index (χ3v) is 3.72. The molecule has 0 spiro atoms. The molecule has 1 saturated heterocycles. The van der Waals surface area contributed by atoms with E-state index in [-0.39, 0.29) is 24.2 Å². The van der Waals surface area contributed by atoms with Crippen molar-refractivity contribution in [3.8, 4) is 0 Å². The Balaban J connectivity index is 0.00000200. The lowest BCUT2D eigenvalue weighted by Crippen LogP contribution is -2.44. The minimum atomic E-state index is -0.459. The first-order valence-electron chi connectivity index (χ1n) is 6.79. The molecule has 0 aromatic heterocycles. The van der Waals surface area contributed by atoms with Crippen molar-refractivity contribution in [2.45, 2.75) is 26.2 Å². The second-order valence-corrected chi connectivity index (χ2v) is 5.05. The second kappa shape index (κ2) is 7.60. The van der Waals surface area contributed by atoms with E-state index in [0.717, 1.165) is 31.5 Å². The Labute approximate surface area is 125 Å². The summed E-state index contributed by atoms with van der Waals surface area (Å²) in [6.45, 7) is 3.86. The van der Waals surface area contributed by atoms with Gasteiger partial charge in [-0.25, -0.2) is 4.39 Å². The van der Waals surface area contributed by atoms with Crippen LogP contribution in [0.4, 0.5) is 4.39 Å². The van der Waals surface area contributed by atoms with Crippen LogP contribution in [0.5, 0.6) is 0 Å². The molecule has 1 aliphatic rings. The van der Waals surface area contributed by atoms with Crippen molar-refractivity contribution < 1.29 is 13.9 Å². The Morgan fingerprint density at radius 1 is 1.30 bits per heavy atom. The van der Waals surface area contributed by atoms with Crippen molar-refractivity contribution in [1.82, 2.24) is 5.32 Å². The lowest BCUT2D eigenvalue weighted by Gasteiger charge is -2.35. The van der Waals surface area contributed by atoms with Gasteiger partial charge in [-0.2, -0.15) is 0 Å². The smallest absolute Gasteiger partial charge is 0.312 e. The molecular formula is C15H21ClFNO2. The van der Waals surface area contributed by atoms with Crippen molar-refractivity contribution in [3.63, 3.8) is 0 Å². The highest BCUT2D eigenvalue weighted by Crippen LogP contribution is 2.34. The normalized spacial score (nSPS) is 17.1. The van der Waals surface area contributed by atoms with Crippen molar-refractivity contribution in [3.05, 3.63) is 35.6 Å². The maximum atomic E-state index is 12.9. The first-order chi connectivity index (χ1) is 9.16. The maximum absolute atomic E-state index is 12.9. The van der Waals surface area contributed by atoms with Gasteiger partial charge in [0.2, 0.25) is 0 Å². The molecule has 1 fully saturated rings. The van der Waals surface area contributed by atoms with Crippen molar-refractivity contribution >= 4 is 18.4 Å². The summed E-state index contributed by atoms with van der Waals surface area (Å²) >= 11 is 0. The zero-order valence-corrected chi connectivity index (χ0v) is 12.5. The lowest BCUT2D eigenvalue weighted by molar-refractivity contribution is -0.157. The van der Waals surface area contributed by atoms with Gasteiger partial charge >= 0.3 is 5.97 Å². The number of esters is 1. The van der Waals surface area contributed by atoms with Crippen LogP contribution < -0.4 is 5.32 Å². The van der Waals surface area contributed by atoms with Crippen LogP contribution in [0.2, 0.25) is 0 Å². The topological polar surface area (TPSA) is 38.3 Å². The van der Waals surface area contributed by atoms with Gasteiger partial charge in [0, 0.05) is 0 Å². The van der Waals surface area contributed by atoms with Gasteiger partial charge in [-0.3, -0.25) is 4.79 Å². The quantitative estimate of drug-likeness (QED) is 0.869. The van der Waals surface area contributed by atoms with Crippen LogP contribution in [0.25, 0.3) is 0 Å². The van der Waals surface area contributed by atoms with E-state index in [9.17, 15) is 9.18 Å².